The number of ether oxygens (including phenoxy) is 3. The molecule has 0 heterocycles. The summed E-state index contributed by atoms with van der Waals surface area (Å²) < 4.78 is 15.9. The van der Waals surface area contributed by atoms with Gasteiger partial charge in [0.15, 0.2) is 0 Å². The first-order valence-corrected chi connectivity index (χ1v) is 7.95. The molecule has 6 nitrogen and oxygen atoms in total. The van der Waals surface area contributed by atoms with Crippen LogP contribution in [-0.4, -0.2) is 64.4 Å². The van der Waals surface area contributed by atoms with E-state index in [2.05, 4.69) is 10.2 Å². The highest BCUT2D eigenvalue weighted by Gasteiger charge is 2.03. The Morgan fingerprint density at radius 3 is 2.35 bits per heavy atom. The molecule has 0 aliphatic carbocycles. The van der Waals surface area contributed by atoms with E-state index in [4.69, 9.17) is 14.2 Å². The molecule has 0 atom stereocenters. The number of rotatable bonds is 12. The summed E-state index contributed by atoms with van der Waals surface area (Å²) in [5.41, 5.74) is 0. The second-order valence-electron chi connectivity index (χ2n) is 5.15. The predicted molar refractivity (Wildman–Crippen MR) is 90.1 cm³/mol. The van der Waals surface area contributed by atoms with Gasteiger partial charge in [-0.15, -0.1) is 0 Å². The minimum Gasteiger partial charge on any atom is -0.494 e. The van der Waals surface area contributed by atoms with Gasteiger partial charge in [0.1, 0.15) is 11.5 Å². The molecule has 0 saturated carbocycles. The zero-order valence-corrected chi connectivity index (χ0v) is 14.3. The zero-order chi connectivity index (χ0) is 16.9. The molecule has 0 aliphatic rings. The van der Waals surface area contributed by atoms with Gasteiger partial charge in [0.2, 0.25) is 5.91 Å². The van der Waals surface area contributed by atoms with Crippen LogP contribution in [0.4, 0.5) is 0 Å². The van der Waals surface area contributed by atoms with Crippen LogP contribution in [-0.2, 0) is 9.53 Å². The quantitative estimate of drug-likeness (QED) is 0.632. The average molecular weight is 324 g/mol. The van der Waals surface area contributed by atoms with Gasteiger partial charge in [-0.25, -0.2) is 0 Å². The minimum absolute atomic E-state index is 0.00363. The van der Waals surface area contributed by atoms with E-state index in [-0.39, 0.29) is 5.91 Å². The molecule has 0 bridgehead atoms. The number of nitrogens with zero attached hydrogens (tertiary/aromatic N) is 1. The molecule has 1 amide bonds. The van der Waals surface area contributed by atoms with Crippen molar-refractivity contribution in [2.75, 3.05) is 53.6 Å². The smallest absolute Gasteiger partial charge is 0.223 e. The van der Waals surface area contributed by atoms with E-state index in [1.165, 1.54) is 0 Å². The summed E-state index contributed by atoms with van der Waals surface area (Å²) in [6, 6.07) is 7.39. The van der Waals surface area contributed by atoms with Crippen LogP contribution >= 0.6 is 0 Å². The third kappa shape index (κ3) is 9.05. The molecule has 0 aliphatic heterocycles. The SMILES string of the molecule is CCOc1ccc(OCCC(=O)NCCN(C)CCOC)cc1. The van der Waals surface area contributed by atoms with Gasteiger partial charge in [0.25, 0.3) is 0 Å². The topological polar surface area (TPSA) is 60.0 Å². The number of amides is 1. The van der Waals surface area contributed by atoms with Crippen molar-refractivity contribution in [3.05, 3.63) is 24.3 Å². The summed E-state index contributed by atoms with van der Waals surface area (Å²) in [5.74, 6) is 1.55. The van der Waals surface area contributed by atoms with Gasteiger partial charge in [-0.2, -0.15) is 0 Å². The van der Waals surface area contributed by atoms with Crippen molar-refractivity contribution >= 4 is 5.91 Å². The molecule has 0 saturated heterocycles. The number of likely N-dealkylation sites (N-methyl/N-ethyl adjacent to an activating group) is 1. The van der Waals surface area contributed by atoms with Gasteiger partial charge < -0.3 is 24.4 Å². The Kier molecular flexibility index (Phi) is 9.83. The van der Waals surface area contributed by atoms with E-state index in [0.717, 1.165) is 24.6 Å². The largest absolute Gasteiger partial charge is 0.494 e. The lowest BCUT2D eigenvalue weighted by atomic mass is 10.3. The standard InChI is InChI=1S/C17H28N2O4/c1-4-22-15-5-7-16(8-6-15)23-13-9-17(20)18-10-11-19(2)12-14-21-3/h5-8H,4,9-14H2,1-3H3,(H,18,20). The second-order valence-corrected chi connectivity index (χ2v) is 5.15. The van der Waals surface area contributed by atoms with Crippen molar-refractivity contribution in [3.63, 3.8) is 0 Å². The molecule has 0 fully saturated rings. The first kappa shape index (κ1) is 19.3. The number of hydrogen-bond acceptors (Lipinski definition) is 5. The molecule has 1 rings (SSSR count). The van der Waals surface area contributed by atoms with Crippen molar-refractivity contribution in [2.24, 2.45) is 0 Å². The third-order valence-electron chi connectivity index (χ3n) is 3.23. The molecule has 1 aromatic rings. The summed E-state index contributed by atoms with van der Waals surface area (Å²) in [6.07, 6.45) is 0.342. The molecule has 0 radical (unpaired) electrons. The molecular formula is C17H28N2O4. The van der Waals surface area contributed by atoms with Crippen LogP contribution in [0.1, 0.15) is 13.3 Å². The number of methoxy groups -OCH3 is 1. The summed E-state index contributed by atoms with van der Waals surface area (Å²) in [4.78, 5) is 13.8. The number of carbonyl (C=O) groups excluding carboxylic acids is 1. The second kappa shape index (κ2) is 11.7. The summed E-state index contributed by atoms with van der Waals surface area (Å²) in [6.45, 7) is 5.92. The van der Waals surface area contributed by atoms with E-state index < -0.39 is 0 Å². The Bertz CT molecular complexity index is 437. The fourth-order valence-electron chi connectivity index (χ4n) is 1.89. The van der Waals surface area contributed by atoms with Crippen LogP contribution in [0.5, 0.6) is 11.5 Å². The number of benzene rings is 1. The van der Waals surface area contributed by atoms with Crippen LogP contribution in [0, 0.1) is 0 Å². The lowest BCUT2D eigenvalue weighted by molar-refractivity contribution is -0.121. The van der Waals surface area contributed by atoms with Crippen molar-refractivity contribution in [3.8, 4) is 11.5 Å². The summed E-state index contributed by atoms with van der Waals surface area (Å²) in [5, 5.41) is 2.88. The van der Waals surface area contributed by atoms with Crippen LogP contribution in [0.25, 0.3) is 0 Å². The Morgan fingerprint density at radius 2 is 1.74 bits per heavy atom. The average Bonchev–Trinajstić information content (AvgIpc) is 2.55. The van der Waals surface area contributed by atoms with Crippen molar-refractivity contribution < 1.29 is 19.0 Å². The molecule has 0 unspecified atom stereocenters. The van der Waals surface area contributed by atoms with E-state index in [1.54, 1.807) is 7.11 Å². The highest BCUT2D eigenvalue weighted by atomic mass is 16.5. The Labute approximate surface area is 138 Å². The lowest BCUT2D eigenvalue weighted by Crippen LogP contribution is -2.34. The highest BCUT2D eigenvalue weighted by molar-refractivity contribution is 5.75. The first-order valence-electron chi connectivity index (χ1n) is 7.95. The van der Waals surface area contributed by atoms with Gasteiger partial charge >= 0.3 is 0 Å². The monoisotopic (exact) mass is 324 g/mol. The molecule has 1 N–H and O–H groups in total. The van der Waals surface area contributed by atoms with Crippen molar-refractivity contribution in [2.45, 2.75) is 13.3 Å². The zero-order valence-electron chi connectivity index (χ0n) is 14.3. The molecule has 1 aromatic carbocycles. The van der Waals surface area contributed by atoms with Gasteiger partial charge in [0, 0.05) is 26.7 Å². The Morgan fingerprint density at radius 1 is 1.09 bits per heavy atom. The maximum absolute atomic E-state index is 11.7. The van der Waals surface area contributed by atoms with Crippen LogP contribution in [0.15, 0.2) is 24.3 Å². The normalized spacial score (nSPS) is 10.6. The van der Waals surface area contributed by atoms with Gasteiger partial charge in [-0.05, 0) is 38.2 Å². The fourth-order valence-corrected chi connectivity index (χ4v) is 1.89. The summed E-state index contributed by atoms with van der Waals surface area (Å²) >= 11 is 0. The molecule has 0 spiro atoms. The van der Waals surface area contributed by atoms with E-state index in [9.17, 15) is 4.79 Å². The number of hydrogen-bond donors (Lipinski definition) is 1. The highest BCUT2D eigenvalue weighted by Crippen LogP contribution is 2.17. The van der Waals surface area contributed by atoms with Crippen molar-refractivity contribution in [1.29, 1.82) is 0 Å². The van der Waals surface area contributed by atoms with Crippen LogP contribution in [0.2, 0.25) is 0 Å². The van der Waals surface area contributed by atoms with E-state index >= 15 is 0 Å². The van der Waals surface area contributed by atoms with Crippen LogP contribution < -0.4 is 14.8 Å². The first-order chi connectivity index (χ1) is 11.2. The molecule has 130 valence electrons. The molecule has 6 heteroatoms. The maximum Gasteiger partial charge on any atom is 0.223 e. The minimum atomic E-state index is -0.00363. The summed E-state index contributed by atoms with van der Waals surface area (Å²) in [7, 11) is 3.68. The van der Waals surface area contributed by atoms with Crippen LogP contribution in [0.3, 0.4) is 0 Å². The lowest BCUT2D eigenvalue weighted by Gasteiger charge is -2.16. The third-order valence-corrected chi connectivity index (χ3v) is 3.23. The maximum atomic E-state index is 11.7. The van der Waals surface area contributed by atoms with E-state index in [0.29, 0.717) is 32.8 Å². The predicted octanol–water partition coefficient (Wildman–Crippen LogP) is 1.55. The Hall–Kier alpha value is -1.79. The van der Waals surface area contributed by atoms with Gasteiger partial charge in [0.05, 0.1) is 26.2 Å². The number of carbonyl (C=O) groups is 1. The number of nitrogens with one attached hydrogen (secondary N) is 1. The Balaban J connectivity index is 2.11. The van der Waals surface area contributed by atoms with Gasteiger partial charge in [-0.3, -0.25) is 4.79 Å². The van der Waals surface area contributed by atoms with Crippen molar-refractivity contribution in [1.82, 2.24) is 10.2 Å². The van der Waals surface area contributed by atoms with Gasteiger partial charge in [-0.1, -0.05) is 0 Å². The molecule has 23 heavy (non-hydrogen) atoms. The van der Waals surface area contributed by atoms with E-state index in [1.807, 2.05) is 38.2 Å². The molecular weight excluding hydrogens is 296 g/mol. The fraction of sp³-hybridized carbons (Fsp3) is 0.588. The molecule has 0 aromatic heterocycles.